The lowest BCUT2D eigenvalue weighted by molar-refractivity contribution is 0.661. The third-order valence-corrected chi connectivity index (χ3v) is 14.3. The Morgan fingerprint density at radius 2 is 0.700 bits per heavy atom. The summed E-state index contributed by atoms with van der Waals surface area (Å²) >= 11 is 0. The van der Waals surface area contributed by atoms with Gasteiger partial charge in [0, 0.05) is 43.4 Å². The molecule has 0 amide bonds. The van der Waals surface area contributed by atoms with Crippen LogP contribution in [0.15, 0.2) is 241 Å². The Morgan fingerprint density at radius 1 is 0.286 bits per heavy atom. The van der Waals surface area contributed by atoms with Crippen LogP contribution >= 0.6 is 0 Å². The van der Waals surface area contributed by atoms with Crippen molar-refractivity contribution >= 4 is 87.5 Å². The lowest BCUT2D eigenvalue weighted by Crippen LogP contribution is -2.06. The van der Waals surface area contributed by atoms with Gasteiger partial charge in [0.25, 0.3) is 0 Å². The van der Waals surface area contributed by atoms with Gasteiger partial charge in [0.2, 0.25) is 5.95 Å². The third-order valence-electron chi connectivity index (χ3n) is 14.3. The molecule has 0 saturated heterocycles. The standard InChI is InChI=1S/C64H39N5O/c1-4-16-40(17-5-1)43-28-32-57-50(36-43)47-22-10-13-25-54(47)67(57)46-31-35-60-53(39-46)61-62(70-60)63(68-55-26-14-11-23-48(55)51-37-44(29-33-58(51)68)41-18-6-2-7-19-41)66-64(65-61)69-56-27-15-12-24-49(56)52-38-45(30-34-59(52)69)42-20-8-3-9-21-42/h1-39H. The molecule has 5 heterocycles. The fourth-order valence-electron chi connectivity index (χ4n) is 11.1. The van der Waals surface area contributed by atoms with Crippen LogP contribution in [-0.2, 0) is 0 Å². The van der Waals surface area contributed by atoms with Crippen molar-refractivity contribution in [3.63, 3.8) is 0 Å². The third kappa shape index (κ3) is 5.74. The normalized spacial score (nSPS) is 12.0. The zero-order valence-corrected chi connectivity index (χ0v) is 37.7. The van der Waals surface area contributed by atoms with Gasteiger partial charge in [-0.05, 0) is 106 Å². The molecule has 70 heavy (non-hydrogen) atoms. The van der Waals surface area contributed by atoms with Crippen molar-refractivity contribution in [1.82, 2.24) is 23.7 Å². The van der Waals surface area contributed by atoms with Crippen molar-refractivity contribution in [1.29, 1.82) is 0 Å². The monoisotopic (exact) mass is 893 g/mol. The van der Waals surface area contributed by atoms with Gasteiger partial charge in [-0.3, -0.25) is 9.13 Å². The Kier molecular flexibility index (Phi) is 8.26. The summed E-state index contributed by atoms with van der Waals surface area (Å²) in [4.78, 5) is 11.2. The van der Waals surface area contributed by atoms with Crippen molar-refractivity contribution in [2.45, 2.75) is 0 Å². The van der Waals surface area contributed by atoms with Gasteiger partial charge in [-0.1, -0.05) is 164 Å². The molecule has 0 radical (unpaired) electrons. The van der Waals surface area contributed by atoms with Crippen LogP contribution < -0.4 is 0 Å². The van der Waals surface area contributed by atoms with Crippen LogP contribution in [0, 0.1) is 0 Å². The average molecular weight is 894 g/mol. The smallest absolute Gasteiger partial charge is 0.237 e. The Hall–Kier alpha value is -9.52. The van der Waals surface area contributed by atoms with Crippen molar-refractivity contribution in [3.8, 4) is 50.8 Å². The van der Waals surface area contributed by atoms with E-state index in [-0.39, 0.29) is 0 Å². The molecule has 0 aliphatic heterocycles. The molecule has 0 N–H and O–H groups in total. The second-order valence-electron chi connectivity index (χ2n) is 18.2. The van der Waals surface area contributed by atoms with Gasteiger partial charge in [0.05, 0.1) is 33.1 Å². The molecule has 0 bridgehead atoms. The fraction of sp³-hybridized carbons (Fsp3) is 0. The van der Waals surface area contributed by atoms with Gasteiger partial charge in [0.15, 0.2) is 11.4 Å². The summed E-state index contributed by atoms with van der Waals surface area (Å²) in [5, 5.41) is 7.83. The highest BCUT2D eigenvalue weighted by molar-refractivity contribution is 6.15. The van der Waals surface area contributed by atoms with Crippen molar-refractivity contribution < 1.29 is 4.42 Å². The first-order chi connectivity index (χ1) is 34.7. The van der Waals surface area contributed by atoms with E-state index < -0.39 is 0 Å². The molecular formula is C64H39N5O. The van der Waals surface area contributed by atoms with Crippen molar-refractivity contribution in [2.24, 2.45) is 0 Å². The molecule has 0 aliphatic rings. The first-order valence-corrected chi connectivity index (χ1v) is 23.7. The molecule has 0 spiro atoms. The number of hydrogen-bond acceptors (Lipinski definition) is 3. The molecule has 6 nitrogen and oxygen atoms in total. The highest BCUT2D eigenvalue weighted by Crippen LogP contribution is 2.42. The number of furan rings is 1. The summed E-state index contributed by atoms with van der Waals surface area (Å²) in [7, 11) is 0. The van der Waals surface area contributed by atoms with E-state index in [1.807, 2.05) is 0 Å². The van der Waals surface area contributed by atoms with Crippen LogP contribution in [0.2, 0.25) is 0 Å². The molecule has 5 aromatic heterocycles. The number of fused-ring (bicyclic) bond motifs is 12. The molecule has 0 aliphatic carbocycles. The average Bonchev–Trinajstić information content (AvgIpc) is 4.17. The van der Waals surface area contributed by atoms with E-state index in [1.54, 1.807) is 0 Å². The van der Waals surface area contributed by atoms with Crippen LogP contribution in [-0.4, -0.2) is 23.7 Å². The predicted molar refractivity (Wildman–Crippen MR) is 289 cm³/mol. The predicted octanol–water partition coefficient (Wildman–Crippen LogP) is 16.7. The summed E-state index contributed by atoms with van der Waals surface area (Å²) in [6, 6.07) is 84.4. The first-order valence-electron chi connectivity index (χ1n) is 23.7. The van der Waals surface area contributed by atoms with E-state index in [9.17, 15) is 0 Å². The van der Waals surface area contributed by atoms with Crippen molar-refractivity contribution in [3.05, 3.63) is 237 Å². The molecule has 6 heteroatoms. The Balaban J connectivity index is 1.02. The fourth-order valence-corrected chi connectivity index (χ4v) is 11.1. The van der Waals surface area contributed by atoms with E-state index in [2.05, 4.69) is 250 Å². The van der Waals surface area contributed by atoms with Gasteiger partial charge in [-0.25, -0.2) is 4.98 Å². The Bertz CT molecular complexity index is 4580. The molecule has 15 rings (SSSR count). The highest BCUT2D eigenvalue weighted by Gasteiger charge is 2.25. The van der Waals surface area contributed by atoms with Crippen LogP contribution in [0.25, 0.3) is 138 Å². The molecule has 0 unspecified atom stereocenters. The highest BCUT2D eigenvalue weighted by atomic mass is 16.3. The number of hydrogen-bond donors (Lipinski definition) is 0. The van der Waals surface area contributed by atoms with E-state index in [1.165, 1.54) is 33.0 Å². The van der Waals surface area contributed by atoms with Crippen LogP contribution in [0.3, 0.4) is 0 Å². The molecule has 15 aromatic rings. The molecule has 326 valence electrons. The second-order valence-corrected chi connectivity index (χ2v) is 18.2. The molecular weight excluding hydrogens is 855 g/mol. The lowest BCUT2D eigenvalue weighted by Gasteiger charge is -2.12. The minimum atomic E-state index is 0.561. The maximum atomic E-state index is 7.06. The number of benzene rings is 10. The number of nitrogens with zero attached hydrogens (tertiary/aromatic N) is 5. The SMILES string of the molecule is c1ccc(-c2ccc3c(c2)c2ccccc2n3-c2ccc3oc4c(-n5c6ccccc6c6cc(-c7ccccc7)ccc65)nc(-n5c6ccccc6c6cc(-c7ccccc7)ccc65)nc4c3c2)cc1. The minimum Gasteiger partial charge on any atom is -0.450 e. The largest absolute Gasteiger partial charge is 0.450 e. The van der Waals surface area contributed by atoms with Gasteiger partial charge in [0.1, 0.15) is 11.1 Å². The van der Waals surface area contributed by atoms with Gasteiger partial charge in [-0.15, -0.1) is 0 Å². The summed E-state index contributed by atoms with van der Waals surface area (Å²) < 4.78 is 13.9. The Labute approximate surface area is 401 Å². The number of para-hydroxylation sites is 3. The minimum absolute atomic E-state index is 0.561. The zero-order valence-electron chi connectivity index (χ0n) is 37.7. The summed E-state index contributed by atoms with van der Waals surface area (Å²) in [5.74, 6) is 1.24. The van der Waals surface area contributed by atoms with E-state index >= 15 is 0 Å². The number of aromatic nitrogens is 5. The quantitative estimate of drug-likeness (QED) is 0.167. The molecule has 0 fully saturated rings. The van der Waals surface area contributed by atoms with Gasteiger partial charge in [-0.2, -0.15) is 4.98 Å². The lowest BCUT2D eigenvalue weighted by atomic mass is 10.0. The first kappa shape index (κ1) is 38.6. The second kappa shape index (κ2) is 15.0. The summed E-state index contributed by atoms with van der Waals surface area (Å²) in [6.45, 7) is 0. The number of rotatable bonds is 6. The summed E-state index contributed by atoms with van der Waals surface area (Å²) in [5.41, 5.74) is 16.5. The molecule has 0 saturated carbocycles. The van der Waals surface area contributed by atoms with Gasteiger partial charge < -0.3 is 8.98 Å². The molecule has 10 aromatic carbocycles. The van der Waals surface area contributed by atoms with Crippen LogP contribution in [0.5, 0.6) is 0 Å². The summed E-state index contributed by atoms with van der Waals surface area (Å²) in [6.07, 6.45) is 0. The maximum absolute atomic E-state index is 7.06. The van der Waals surface area contributed by atoms with E-state index in [0.717, 1.165) is 87.9 Å². The van der Waals surface area contributed by atoms with E-state index in [4.69, 9.17) is 14.4 Å². The van der Waals surface area contributed by atoms with Crippen LogP contribution in [0.1, 0.15) is 0 Å². The van der Waals surface area contributed by atoms with Gasteiger partial charge >= 0.3 is 0 Å². The maximum Gasteiger partial charge on any atom is 0.237 e. The topological polar surface area (TPSA) is 53.7 Å². The molecule has 0 atom stereocenters. The zero-order chi connectivity index (χ0) is 45.9. The van der Waals surface area contributed by atoms with Crippen LogP contribution in [0.4, 0.5) is 0 Å². The Morgan fingerprint density at radius 3 is 1.21 bits per heavy atom. The van der Waals surface area contributed by atoms with E-state index in [0.29, 0.717) is 17.3 Å². The van der Waals surface area contributed by atoms with Crippen molar-refractivity contribution in [2.75, 3.05) is 0 Å².